The third kappa shape index (κ3) is 4.63. The molecule has 2 aromatic carbocycles. The van der Waals surface area contributed by atoms with Gasteiger partial charge in [-0.05, 0) is 44.0 Å². The summed E-state index contributed by atoms with van der Waals surface area (Å²) in [7, 11) is -4.02. The van der Waals surface area contributed by atoms with E-state index in [0.29, 0.717) is 30.2 Å². The zero-order valence-corrected chi connectivity index (χ0v) is 19.1. The first-order chi connectivity index (χ1) is 14.8. The highest BCUT2D eigenvalue weighted by Crippen LogP contribution is 2.44. The molecule has 0 saturated carbocycles. The highest BCUT2D eigenvalue weighted by molar-refractivity contribution is 7.93. The molecule has 2 bridgehead atoms. The number of hydrogen-bond acceptors (Lipinski definition) is 5. The number of hydrogen-bond donors (Lipinski definition) is 1. The maximum atomic E-state index is 13.6. The van der Waals surface area contributed by atoms with Crippen molar-refractivity contribution in [2.24, 2.45) is 0 Å². The lowest BCUT2D eigenvalue weighted by Gasteiger charge is -2.31. The van der Waals surface area contributed by atoms with Gasteiger partial charge in [0.15, 0.2) is 5.75 Å². The van der Waals surface area contributed by atoms with E-state index >= 15 is 0 Å². The summed E-state index contributed by atoms with van der Waals surface area (Å²) >= 11 is 0. The molecule has 0 amide bonds. The van der Waals surface area contributed by atoms with Crippen molar-refractivity contribution in [1.29, 1.82) is 0 Å². The Morgan fingerprint density at radius 1 is 1.06 bits per heavy atom. The number of sulfonamides is 1. The number of carboxylic acid groups (broad SMARTS) is 1. The van der Waals surface area contributed by atoms with Gasteiger partial charge in [0, 0.05) is 25.7 Å². The Balaban J connectivity index is 2.30. The fourth-order valence-electron chi connectivity index (χ4n) is 3.72. The second kappa shape index (κ2) is 9.60. The van der Waals surface area contributed by atoms with Crippen LogP contribution in [0.4, 0.5) is 11.4 Å². The minimum absolute atomic E-state index is 0.0702. The number of nitrogens with zero attached hydrogens (tertiary/aromatic N) is 2. The van der Waals surface area contributed by atoms with Crippen molar-refractivity contribution in [2.45, 2.75) is 51.3 Å². The smallest absolute Gasteiger partial charge is 0.335 e. The number of fused-ring (bicyclic) bond motifs is 3. The summed E-state index contributed by atoms with van der Waals surface area (Å²) in [5, 5.41) is 9.72. The number of anilines is 2. The number of aromatic carboxylic acids is 1. The van der Waals surface area contributed by atoms with E-state index < -0.39 is 16.0 Å². The van der Waals surface area contributed by atoms with Crippen LogP contribution in [0.5, 0.6) is 11.5 Å². The summed E-state index contributed by atoms with van der Waals surface area (Å²) in [5.41, 5.74) is 0.921. The van der Waals surface area contributed by atoms with Crippen LogP contribution in [0, 0.1) is 0 Å². The molecule has 1 aliphatic rings. The van der Waals surface area contributed by atoms with Crippen LogP contribution in [0.1, 0.15) is 56.8 Å². The van der Waals surface area contributed by atoms with E-state index in [-0.39, 0.29) is 22.8 Å². The molecular formula is C23H30N2O5S. The summed E-state index contributed by atoms with van der Waals surface area (Å²) in [6.45, 7) is 7.51. The van der Waals surface area contributed by atoms with Crippen LogP contribution in [-0.4, -0.2) is 39.1 Å². The Hall–Kier alpha value is -2.74. The van der Waals surface area contributed by atoms with Gasteiger partial charge >= 0.3 is 5.97 Å². The monoisotopic (exact) mass is 446 g/mol. The Labute approximate surface area is 184 Å². The maximum absolute atomic E-state index is 13.6. The molecule has 8 heteroatoms. The van der Waals surface area contributed by atoms with Crippen molar-refractivity contribution >= 4 is 27.4 Å². The van der Waals surface area contributed by atoms with Gasteiger partial charge in [-0.2, -0.15) is 0 Å². The minimum atomic E-state index is -4.02. The molecule has 1 heterocycles. The highest BCUT2D eigenvalue weighted by Gasteiger charge is 2.33. The fraction of sp³-hybridized carbons (Fsp3) is 0.435. The molecule has 0 saturated heterocycles. The molecule has 0 unspecified atom stereocenters. The lowest BCUT2D eigenvalue weighted by molar-refractivity contribution is 0.0696. The molecule has 0 aliphatic carbocycles. The predicted molar refractivity (Wildman–Crippen MR) is 122 cm³/mol. The number of benzene rings is 2. The first-order valence-corrected chi connectivity index (χ1v) is 12.2. The van der Waals surface area contributed by atoms with Gasteiger partial charge in [0.2, 0.25) is 0 Å². The molecule has 0 spiro atoms. The van der Waals surface area contributed by atoms with E-state index in [1.807, 2.05) is 0 Å². The average molecular weight is 447 g/mol. The van der Waals surface area contributed by atoms with Crippen molar-refractivity contribution in [3.05, 3.63) is 42.0 Å². The van der Waals surface area contributed by atoms with Gasteiger partial charge in [-0.3, -0.25) is 4.31 Å². The molecule has 1 aliphatic heterocycles. The Morgan fingerprint density at radius 3 is 2.32 bits per heavy atom. The second-order valence-electron chi connectivity index (χ2n) is 7.59. The number of unbranched alkanes of at least 4 members (excludes halogenated alkanes) is 2. The standard InChI is InChI=1S/C23H30N2O5S/c1-4-7-12-24(13-8-5-2)20-14-17(23(26)27)15-21-22(20)30-19-11-9-10-18(16-19)25(6-3)31(21,28)29/h9-11,14-16H,4-8,12-13H2,1-3H3,(H,26,27). The number of ether oxygens (including phenoxy) is 1. The summed E-state index contributed by atoms with van der Waals surface area (Å²) < 4.78 is 34.7. The molecule has 0 atom stereocenters. The molecule has 0 radical (unpaired) electrons. The van der Waals surface area contributed by atoms with Crippen LogP contribution in [-0.2, 0) is 10.0 Å². The van der Waals surface area contributed by atoms with Gasteiger partial charge in [0.05, 0.1) is 16.9 Å². The zero-order valence-electron chi connectivity index (χ0n) is 18.3. The second-order valence-corrected chi connectivity index (χ2v) is 9.42. The van der Waals surface area contributed by atoms with Crippen LogP contribution >= 0.6 is 0 Å². The van der Waals surface area contributed by atoms with Crippen molar-refractivity contribution in [3.8, 4) is 11.5 Å². The van der Waals surface area contributed by atoms with Crippen molar-refractivity contribution in [1.82, 2.24) is 0 Å². The quantitative estimate of drug-likeness (QED) is 0.576. The summed E-state index contributed by atoms with van der Waals surface area (Å²) in [4.78, 5) is 13.8. The van der Waals surface area contributed by atoms with Gasteiger partial charge in [-0.25, -0.2) is 13.2 Å². The summed E-state index contributed by atoms with van der Waals surface area (Å²) in [6, 6.07) is 9.67. The fourth-order valence-corrected chi connectivity index (χ4v) is 5.35. The van der Waals surface area contributed by atoms with Crippen molar-refractivity contribution in [2.75, 3.05) is 28.8 Å². The average Bonchev–Trinajstić information content (AvgIpc) is 2.74. The Kier molecular flexibility index (Phi) is 7.10. The molecule has 31 heavy (non-hydrogen) atoms. The van der Waals surface area contributed by atoms with Crippen LogP contribution in [0.15, 0.2) is 41.3 Å². The van der Waals surface area contributed by atoms with Crippen LogP contribution < -0.4 is 13.9 Å². The zero-order chi connectivity index (χ0) is 22.6. The van der Waals surface area contributed by atoms with Gasteiger partial charge < -0.3 is 14.7 Å². The van der Waals surface area contributed by atoms with Crippen molar-refractivity contribution in [3.63, 3.8) is 0 Å². The van der Waals surface area contributed by atoms with E-state index in [2.05, 4.69) is 18.7 Å². The molecule has 7 nitrogen and oxygen atoms in total. The molecule has 0 fully saturated rings. The lowest BCUT2D eigenvalue weighted by atomic mass is 10.1. The molecule has 3 rings (SSSR count). The molecule has 0 aromatic heterocycles. The first kappa shape index (κ1) is 22.9. The van der Waals surface area contributed by atoms with Crippen LogP contribution in [0.25, 0.3) is 0 Å². The molecule has 168 valence electrons. The number of carbonyl (C=O) groups is 1. The van der Waals surface area contributed by atoms with E-state index in [4.69, 9.17) is 4.74 Å². The van der Waals surface area contributed by atoms with Crippen LogP contribution in [0.2, 0.25) is 0 Å². The lowest BCUT2D eigenvalue weighted by Crippen LogP contribution is -2.33. The van der Waals surface area contributed by atoms with Crippen molar-refractivity contribution < 1.29 is 23.1 Å². The van der Waals surface area contributed by atoms with Gasteiger partial charge in [0.25, 0.3) is 10.0 Å². The third-order valence-electron chi connectivity index (χ3n) is 5.37. The minimum Gasteiger partial charge on any atom is -0.478 e. The topological polar surface area (TPSA) is 87.2 Å². The molecule has 1 N–H and O–H groups in total. The Bertz CT molecular complexity index is 1040. The summed E-state index contributed by atoms with van der Waals surface area (Å²) in [6.07, 6.45) is 3.74. The van der Waals surface area contributed by atoms with E-state index in [1.165, 1.54) is 16.4 Å². The molecular weight excluding hydrogens is 416 g/mol. The van der Waals surface area contributed by atoms with Gasteiger partial charge in [-0.15, -0.1) is 0 Å². The number of rotatable bonds is 9. The van der Waals surface area contributed by atoms with E-state index in [1.54, 1.807) is 31.2 Å². The normalized spacial score (nSPS) is 14.2. The van der Waals surface area contributed by atoms with E-state index in [0.717, 1.165) is 25.7 Å². The highest BCUT2D eigenvalue weighted by atomic mass is 32.2. The predicted octanol–water partition coefficient (Wildman–Crippen LogP) is 5.11. The third-order valence-corrected chi connectivity index (χ3v) is 7.28. The van der Waals surface area contributed by atoms with Gasteiger partial charge in [0.1, 0.15) is 10.6 Å². The van der Waals surface area contributed by atoms with E-state index in [9.17, 15) is 18.3 Å². The summed E-state index contributed by atoms with van der Waals surface area (Å²) in [5.74, 6) is -0.469. The van der Waals surface area contributed by atoms with Crippen LogP contribution in [0.3, 0.4) is 0 Å². The maximum Gasteiger partial charge on any atom is 0.335 e. The SMILES string of the molecule is CCCCN(CCCC)c1cc(C(=O)O)cc2c1Oc1cccc(c1)N(CC)S2(=O)=O. The first-order valence-electron chi connectivity index (χ1n) is 10.8. The molecule has 2 aromatic rings. The number of carboxylic acids is 1. The van der Waals surface area contributed by atoms with Gasteiger partial charge in [-0.1, -0.05) is 32.8 Å². The Morgan fingerprint density at radius 2 is 1.74 bits per heavy atom. The largest absolute Gasteiger partial charge is 0.478 e.